The van der Waals surface area contributed by atoms with E-state index in [-0.39, 0.29) is 29.6 Å². The molecule has 0 amide bonds. The van der Waals surface area contributed by atoms with Crippen LogP contribution in [-0.4, -0.2) is 41.3 Å². The summed E-state index contributed by atoms with van der Waals surface area (Å²) in [7, 11) is 0. The Morgan fingerprint density at radius 2 is 2.12 bits per heavy atom. The lowest BCUT2D eigenvalue weighted by molar-refractivity contribution is -0.0329. The predicted molar refractivity (Wildman–Crippen MR) is 61.4 cm³/mol. The fourth-order valence-electron chi connectivity index (χ4n) is 2.17. The van der Waals surface area contributed by atoms with Gasteiger partial charge in [0.25, 0.3) is 0 Å². The maximum absolute atomic E-state index is 12.0. The summed E-state index contributed by atoms with van der Waals surface area (Å²) in [6.45, 7) is 3.29. The van der Waals surface area contributed by atoms with E-state index >= 15 is 0 Å². The van der Waals surface area contributed by atoms with Crippen LogP contribution in [0, 0.1) is 0 Å². The highest BCUT2D eigenvalue weighted by atomic mass is 32.2. The van der Waals surface area contributed by atoms with Gasteiger partial charge in [0.2, 0.25) is 0 Å². The molecule has 16 heavy (non-hydrogen) atoms. The first-order valence-corrected chi connectivity index (χ1v) is 6.59. The van der Waals surface area contributed by atoms with Gasteiger partial charge in [-0.15, -0.1) is 0 Å². The van der Waals surface area contributed by atoms with Gasteiger partial charge >= 0.3 is 5.51 Å². The molecule has 0 radical (unpaired) electrons. The SMILES string of the molecule is CC(N)C1CCCCN1CCSC(F)(F)F. The Balaban J connectivity index is 2.33. The van der Waals surface area contributed by atoms with Gasteiger partial charge in [0.15, 0.2) is 0 Å². The normalized spacial score (nSPS) is 25.7. The summed E-state index contributed by atoms with van der Waals surface area (Å²) in [5, 5.41) is 0. The average Bonchev–Trinajstić information content (AvgIpc) is 2.16. The minimum atomic E-state index is -4.11. The first kappa shape index (κ1) is 14.1. The van der Waals surface area contributed by atoms with Crippen molar-refractivity contribution in [3.63, 3.8) is 0 Å². The van der Waals surface area contributed by atoms with Crippen LogP contribution in [-0.2, 0) is 0 Å². The Kier molecular flexibility index (Phi) is 5.40. The van der Waals surface area contributed by atoms with Gasteiger partial charge in [0, 0.05) is 24.4 Å². The fraction of sp³-hybridized carbons (Fsp3) is 1.00. The first-order chi connectivity index (χ1) is 7.40. The Bertz CT molecular complexity index is 209. The van der Waals surface area contributed by atoms with Crippen LogP contribution in [0.3, 0.4) is 0 Å². The molecule has 2 nitrogen and oxygen atoms in total. The van der Waals surface area contributed by atoms with Crippen LogP contribution in [0.2, 0.25) is 0 Å². The van der Waals surface area contributed by atoms with Crippen LogP contribution in [0.15, 0.2) is 0 Å². The second-order valence-electron chi connectivity index (χ2n) is 4.25. The number of nitrogens with zero attached hydrogens (tertiary/aromatic N) is 1. The monoisotopic (exact) mass is 256 g/mol. The third-order valence-electron chi connectivity index (χ3n) is 2.92. The third kappa shape index (κ3) is 4.93. The second-order valence-corrected chi connectivity index (χ2v) is 5.41. The highest BCUT2D eigenvalue weighted by molar-refractivity contribution is 8.00. The number of piperidine rings is 1. The van der Waals surface area contributed by atoms with Crippen LogP contribution in [0.25, 0.3) is 0 Å². The largest absolute Gasteiger partial charge is 0.441 e. The van der Waals surface area contributed by atoms with Crippen molar-refractivity contribution in [1.82, 2.24) is 4.90 Å². The zero-order valence-electron chi connectivity index (χ0n) is 9.46. The number of rotatable bonds is 4. The lowest BCUT2D eigenvalue weighted by Gasteiger charge is -2.38. The van der Waals surface area contributed by atoms with E-state index in [1.807, 2.05) is 6.92 Å². The summed E-state index contributed by atoms with van der Waals surface area (Å²) in [6, 6.07) is 0.291. The molecular weight excluding hydrogens is 237 g/mol. The minimum Gasteiger partial charge on any atom is -0.327 e. The van der Waals surface area contributed by atoms with Crippen molar-refractivity contribution < 1.29 is 13.2 Å². The minimum absolute atomic E-state index is 0.0381. The number of thioether (sulfide) groups is 1. The molecule has 1 rings (SSSR count). The van der Waals surface area contributed by atoms with Gasteiger partial charge in [-0.3, -0.25) is 4.90 Å². The standard InChI is InChI=1S/C10H19F3N2S/c1-8(14)9-4-2-3-5-15(9)6-7-16-10(11,12)13/h8-9H,2-7,14H2,1H3. The molecule has 1 aliphatic rings. The van der Waals surface area contributed by atoms with Crippen LogP contribution >= 0.6 is 11.8 Å². The number of halogens is 3. The number of nitrogens with two attached hydrogens (primary N) is 1. The molecule has 96 valence electrons. The molecule has 2 N–H and O–H groups in total. The Morgan fingerprint density at radius 1 is 1.44 bits per heavy atom. The lowest BCUT2D eigenvalue weighted by atomic mass is 9.97. The molecule has 0 aromatic carbocycles. The number of likely N-dealkylation sites (tertiary alicyclic amines) is 1. The van der Waals surface area contributed by atoms with Crippen LogP contribution in [0.5, 0.6) is 0 Å². The molecule has 0 spiro atoms. The molecule has 1 fully saturated rings. The van der Waals surface area contributed by atoms with E-state index in [1.165, 1.54) is 0 Å². The summed E-state index contributed by atoms with van der Waals surface area (Å²) in [5.74, 6) is 0.104. The molecule has 0 bridgehead atoms. The highest BCUT2D eigenvalue weighted by Gasteiger charge is 2.30. The van der Waals surface area contributed by atoms with E-state index < -0.39 is 5.51 Å². The average molecular weight is 256 g/mol. The molecule has 0 saturated carbocycles. The number of alkyl halides is 3. The molecule has 0 aliphatic carbocycles. The van der Waals surface area contributed by atoms with Crippen LogP contribution in [0.4, 0.5) is 13.2 Å². The van der Waals surface area contributed by atoms with E-state index in [4.69, 9.17) is 5.73 Å². The molecule has 6 heteroatoms. The van der Waals surface area contributed by atoms with E-state index in [9.17, 15) is 13.2 Å². The van der Waals surface area contributed by atoms with Crippen molar-refractivity contribution >= 4 is 11.8 Å². The molecule has 0 aromatic heterocycles. The molecule has 2 unspecified atom stereocenters. The van der Waals surface area contributed by atoms with E-state index in [0.717, 1.165) is 25.8 Å². The van der Waals surface area contributed by atoms with E-state index in [2.05, 4.69) is 4.90 Å². The molecule has 1 heterocycles. The van der Waals surface area contributed by atoms with E-state index in [0.29, 0.717) is 6.54 Å². The lowest BCUT2D eigenvalue weighted by Crippen LogP contribution is -2.49. The Morgan fingerprint density at radius 3 is 2.69 bits per heavy atom. The van der Waals surface area contributed by atoms with Gasteiger partial charge in [-0.05, 0) is 38.1 Å². The number of hydrogen-bond acceptors (Lipinski definition) is 3. The van der Waals surface area contributed by atoms with Crippen LogP contribution in [0.1, 0.15) is 26.2 Å². The summed E-state index contributed by atoms with van der Waals surface area (Å²) in [4.78, 5) is 2.10. The summed E-state index contributed by atoms with van der Waals surface area (Å²) in [6.07, 6.45) is 3.21. The predicted octanol–water partition coefficient (Wildman–Crippen LogP) is 2.44. The molecule has 1 aliphatic heterocycles. The van der Waals surface area contributed by atoms with Crippen molar-refractivity contribution in [3.8, 4) is 0 Å². The van der Waals surface area contributed by atoms with Gasteiger partial charge < -0.3 is 5.73 Å². The summed E-state index contributed by atoms with van der Waals surface area (Å²) >= 11 is 0.0585. The summed E-state index contributed by atoms with van der Waals surface area (Å²) in [5.41, 5.74) is 1.73. The maximum atomic E-state index is 12.0. The van der Waals surface area contributed by atoms with Gasteiger partial charge in [-0.1, -0.05) is 6.42 Å². The zero-order chi connectivity index (χ0) is 12.2. The van der Waals surface area contributed by atoms with Crippen molar-refractivity contribution in [2.24, 2.45) is 5.73 Å². The summed E-state index contributed by atoms with van der Waals surface area (Å²) < 4.78 is 36.0. The molecule has 0 aromatic rings. The van der Waals surface area contributed by atoms with Crippen molar-refractivity contribution in [1.29, 1.82) is 0 Å². The van der Waals surface area contributed by atoms with Crippen LogP contribution < -0.4 is 5.73 Å². The Labute approximate surface area is 98.7 Å². The highest BCUT2D eigenvalue weighted by Crippen LogP contribution is 2.30. The van der Waals surface area contributed by atoms with Gasteiger partial charge in [-0.25, -0.2) is 0 Å². The Hall–Kier alpha value is 0.0600. The fourth-order valence-corrected chi connectivity index (χ4v) is 2.73. The third-order valence-corrected chi connectivity index (χ3v) is 3.63. The van der Waals surface area contributed by atoms with E-state index in [1.54, 1.807) is 0 Å². The van der Waals surface area contributed by atoms with Gasteiger partial charge in [0.1, 0.15) is 0 Å². The molecular formula is C10H19F3N2S. The number of hydrogen-bond donors (Lipinski definition) is 1. The van der Waals surface area contributed by atoms with Crippen molar-refractivity contribution in [3.05, 3.63) is 0 Å². The second kappa shape index (κ2) is 6.12. The molecule has 1 saturated heterocycles. The smallest absolute Gasteiger partial charge is 0.327 e. The van der Waals surface area contributed by atoms with Gasteiger partial charge in [-0.2, -0.15) is 13.2 Å². The van der Waals surface area contributed by atoms with Crippen molar-refractivity contribution in [2.45, 2.75) is 43.8 Å². The first-order valence-electron chi connectivity index (χ1n) is 5.60. The topological polar surface area (TPSA) is 29.3 Å². The maximum Gasteiger partial charge on any atom is 0.441 e. The van der Waals surface area contributed by atoms with Crippen molar-refractivity contribution in [2.75, 3.05) is 18.8 Å². The zero-order valence-corrected chi connectivity index (χ0v) is 10.3. The quantitative estimate of drug-likeness (QED) is 0.837. The molecule has 2 atom stereocenters. The van der Waals surface area contributed by atoms with Gasteiger partial charge in [0.05, 0.1) is 0 Å².